The molecule has 1 amide bonds. The number of halogens is 1. The van der Waals surface area contributed by atoms with Gasteiger partial charge in [-0.3, -0.25) is 4.79 Å². The van der Waals surface area contributed by atoms with Crippen LogP contribution in [0.5, 0.6) is 0 Å². The Labute approximate surface area is 109 Å². The van der Waals surface area contributed by atoms with Crippen LogP contribution in [0.2, 0.25) is 0 Å². The summed E-state index contributed by atoms with van der Waals surface area (Å²) in [6.45, 7) is 3.92. The Morgan fingerprint density at radius 1 is 1.47 bits per heavy atom. The highest BCUT2D eigenvalue weighted by Crippen LogP contribution is 2.41. The Morgan fingerprint density at radius 3 is 2.76 bits per heavy atom. The molecule has 1 aromatic rings. The summed E-state index contributed by atoms with van der Waals surface area (Å²) in [5.74, 6) is -0.0598. The van der Waals surface area contributed by atoms with Crippen molar-refractivity contribution in [3.8, 4) is 0 Å². The van der Waals surface area contributed by atoms with E-state index >= 15 is 0 Å². The zero-order valence-corrected chi connectivity index (χ0v) is 11.5. The third-order valence-corrected chi connectivity index (χ3v) is 3.72. The first-order valence-corrected chi connectivity index (χ1v) is 6.70. The lowest BCUT2D eigenvalue weighted by Gasteiger charge is -2.14. The van der Waals surface area contributed by atoms with E-state index in [9.17, 15) is 9.90 Å². The van der Waals surface area contributed by atoms with Gasteiger partial charge in [0, 0.05) is 10.0 Å². The van der Waals surface area contributed by atoms with Crippen molar-refractivity contribution >= 4 is 27.5 Å². The van der Waals surface area contributed by atoms with Crippen LogP contribution in [-0.2, 0) is 4.79 Å². The average Bonchev–Trinajstić information content (AvgIpc) is 2.62. The fraction of sp³-hybridized carbons (Fsp3) is 0.462. The molecule has 1 aromatic carbocycles. The highest BCUT2D eigenvalue weighted by molar-refractivity contribution is 9.10. The number of amides is 1. The Hall–Kier alpha value is -0.870. The number of carbonyl (C=O) groups excluding carboxylic acids is 1. The molecule has 0 radical (unpaired) electrons. The fourth-order valence-corrected chi connectivity index (χ4v) is 2.80. The van der Waals surface area contributed by atoms with Crippen LogP contribution in [0.15, 0.2) is 16.6 Å². The standard InChI is InChI=1S/C13H16BrNO2/c1-3-8-9-5-7(14)6-10(11(16)4-2)12(9)15-13(8)17/h5-6,8,11,16H,3-4H2,1-2H3,(H,15,17). The molecule has 1 aliphatic rings. The molecule has 2 unspecified atom stereocenters. The predicted molar refractivity (Wildman–Crippen MR) is 71.1 cm³/mol. The first-order chi connectivity index (χ1) is 8.08. The number of rotatable bonds is 3. The van der Waals surface area contributed by atoms with Crippen molar-refractivity contribution in [1.82, 2.24) is 0 Å². The van der Waals surface area contributed by atoms with Gasteiger partial charge in [0.05, 0.1) is 17.7 Å². The Kier molecular flexibility index (Phi) is 3.54. The van der Waals surface area contributed by atoms with Crippen LogP contribution < -0.4 is 5.32 Å². The molecule has 2 atom stereocenters. The molecule has 0 bridgehead atoms. The second kappa shape index (κ2) is 4.78. The quantitative estimate of drug-likeness (QED) is 0.899. The van der Waals surface area contributed by atoms with Crippen LogP contribution in [0, 0.1) is 0 Å². The maximum absolute atomic E-state index is 11.8. The molecular weight excluding hydrogens is 282 g/mol. The Balaban J connectivity index is 2.55. The molecule has 2 N–H and O–H groups in total. The number of hydrogen-bond donors (Lipinski definition) is 2. The molecule has 92 valence electrons. The third-order valence-electron chi connectivity index (χ3n) is 3.26. The summed E-state index contributed by atoms with van der Waals surface area (Å²) in [5, 5.41) is 12.9. The zero-order valence-electron chi connectivity index (χ0n) is 9.96. The van der Waals surface area contributed by atoms with E-state index in [1.807, 2.05) is 26.0 Å². The van der Waals surface area contributed by atoms with Gasteiger partial charge < -0.3 is 10.4 Å². The van der Waals surface area contributed by atoms with Crippen LogP contribution in [0.4, 0.5) is 5.69 Å². The van der Waals surface area contributed by atoms with Gasteiger partial charge in [0.15, 0.2) is 0 Å². The molecule has 3 nitrogen and oxygen atoms in total. The number of hydrogen-bond acceptors (Lipinski definition) is 2. The molecule has 0 saturated carbocycles. The third kappa shape index (κ3) is 2.11. The molecule has 0 fully saturated rings. The number of aliphatic hydroxyl groups excluding tert-OH is 1. The molecule has 4 heteroatoms. The van der Waals surface area contributed by atoms with Gasteiger partial charge >= 0.3 is 0 Å². The van der Waals surface area contributed by atoms with E-state index < -0.39 is 6.10 Å². The summed E-state index contributed by atoms with van der Waals surface area (Å²) in [6.07, 6.45) is 0.879. The van der Waals surface area contributed by atoms with Gasteiger partial charge in [-0.05, 0) is 30.5 Å². The van der Waals surface area contributed by atoms with Gasteiger partial charge in [0.1, 0.15) is 0 Å². The molecule has 0 saturated heterocycles. The largest absolute Gasteiger partial charge is 0.388 e. The van der Waals surface area contributed by atoms with Crippen molar-refractivity contribution in [2.24, 2.45) is 0 Å². The molecule has 0 aliphatic carbocycles. The maximum Gasteiger partial charge on any atom is 0.232 e. The maximum atomic E-state index is 11.8. The number of aliphatic hydroxyl groups is 1. The van der Waals surface area contributed by atoms with Crippen molar-refractivity contribution < 1.29 is 9.90 Å². The van der Waals surface area contributed by atoms with Gasteiger partial charge in [0.25, 0.3) is 0 Å². The van der Waals surface area contributed by atoms with E-state index in [-0.39, 0.29) is 11.8 Å². The lowest BCUT2D eigenvalue weighted by molar-refractivity contribution is -0.117. The van der Waals surface area contributed by atoms with Gasteiger partial charge in [-0.2, -0.15) is 0 Å². The van der Waals surface area contributed by atoms with Crippen molar-refractivity contribution in [2.75, 3.05) is 5.32 Å². The minimum Gasteiger partial charge on any atom is -0.388 e. The van der Waals surface area contributed by atoms with E-state index in [2.05, 4.69) is 21.2 Å². The van der Waals surface area contributed by atoms with Crippen LogP contribution in [0.1, 0.15) is 49.8 Å². The van der Waals surface area contributed by atoms with Crippen molar-refractivity contribution in [2.45, 2.75) is 38.7 Å². The Morgan fingerprint density at radius 2 is 2.18 bits per heavy atom. The molecule has 1 aliphatic heterocycles. The van der Waals surface area contributed by atoms with Gasteiger partial charge in [-0.25, -0.2) is 0 Å². The highest BCUT2D eigenvalue weighted by Gasteiger charge is 2.32. The normalized spacial score (nSPS) is 20.0. The van der Waals surface area contributed by atoms with Crippen LogP contribution >= 0.6 is 15.9 Å². The fourth-order valence-electron chi connectivity index (χ4n) is 2.31. The number of nitrogens with one attached hydrogen (secondary N) is 1. The summed E-state index contributed by atoms with van der Waals surface area (Å²) >= 11 is 3.44. The molecule has 17 heavy (non-hydrogen) atoms. The summed E-state index contributed by atoms with van der Waals surface area (Å²) in [6, 6.07) is 3.85. The minimum absolute atomic E-state index is 0.0325. The molecule has 0 aromatic heterocycles. The highest BCUT2D eigenvalue weighted by atomic mass is 79.9. The van der Waals surface area contributed by atoms with Crippen LogP contribution in [0.3, 0.4) is 0 Å². The van der Waals surface area contributed by atoms with Crippen LogP contribution in [0.25, 0.3) is 0 Å². The number of fused-ring (bicyclic) bond motifs is 1. The predicted octanol–water partition coefficient (Wildman–Crippen LogP) is 3.34. The molecule has 0 spiro atoms. The molecule has 2 rings (SSSR count). The first kappa shape index (κ1) is 12.6. The van der Waals surface area contributed by atoms with Gasteiger partial charge in [0.2, 0.25) is 5.91 Å². The lowest BCUT2D eigenvalue weighted by atomic mass is 9.94. The molecular formula is C13H16BrNO2. The van der Waals surface area contributed by atoms with E-state index in [4.69, 9.17) is 0 Å². The summed E-state index contributed by atoms with van der Waals surface area (Å²) in [4.78, 5) is 11.8. The summed E-state index contributed by atoms with van der Waals surface area (Å²) < 4.78 is 0.911. The van der Waals surface area contributed by atoms with Crippen molar-refractivity contribution in [3.05, 3.63) is 27.7 Å². The second-order valence-electron chi connectivity index (χ2n) is 4.33. The van der Waals surface area contributed by atoms with E-state index in [0.29, 0.717) is 6.42 Å². The van der Waals surface area contributed by atoms with Gasteiger partial charge in [-0.15, -0.1) is 0 Å². The Bertz CT molecular complexity index is 459. The minimum atomic E-state index is -0.530. The van der Waals surface area contributed by atoms with E-state index in [0.717, 1.165) is 27.7 Å². The average molecular weight is 298 g/mol. The summed E-state index contributed by atoms with van der Waals surface area (Å²) in [7, 11) is 0. The first-order valence-electron chi connectivity index (χ1n) is 5.90. The number of anilines is 1. The smallest absolute Gasteiger partial charge is 0.232 e. The monoisotopic (exact) mass is 297 g/mol. The van der Waals surface area contributed by atoms with Crippen LogP contribution in [-0.4, -0.2) is 11.0 Å². The lowest BCUT2D eigenvalue weighted by Crippen LogP contribution is -2.11. The van der Waals surface area contributed by atoms with E-state index in [1.54, 1.807) is 0 Å². The SMILES string of the molecule is CCC(O)c1cc(Br)cc2c1NC(=O)C2CC. The molecule has 1 heterocycles. The topological polar surface area (TPSA) is 49.3 Å². The zero-order chi connectivity index (χ0) is 12.6. The van der Waals surface area contributed by atoms with E-state index in [1.165, 1.54) is 0 Å². The number of carbonyl (C=O) groups is 1. The number of benzene rings is 1. The summed E-state index contributed by atoms with van der Waals surface area (Å²) in [5.41, 5.74) is 2.61. The van der Waals surface area contributed by atoms with Crippen molar-refractivity contribution in [3.63, 3.8) is 0 Å². The van der Waals surface area contributed by atoms with Crippen molar-refractivity contribution in [1.29, 1.82) is 0 Å². The van der Waals surface area contributed by atoms with Gasteiger partial charge in [-0.1, -0.05) is 29.8 Å². The second-order valence-corrected chi connectivity index (χ2v) is 5.25.